The molecule has 1 aliphatic rings. The molecule has 0 bridgehead atoms. The molecule has 1 heterocycles. The highest BCUT2D eigenvalue weighted by Crippen LogP contribution is 2.29. The number of hydrogen-bond donors (Lipinski definition) is 1. The van der Waals surface area contributed by atoms with E-state index in [1.165, 1.54) is 0 Å². The van der Waals surface area contributed by atoms with Crippen LogP contribution in [-0.4, -0.2) is 18.0 Å². The van der Waals surface area contributed by atoms with Crippen LogP contribution in [0.3, 0.4) is 0 Å². The first kappa shape index (κ1) is 13.6. The number of amides is 1. The number of aromatic nitrogens is 1. The Morgan fingerprint density at radius 3 is 2.71 bits per heavy atom. The zero-order valence-electron chi connectivity index (χ0n) is 12.0. The van der Waals surface area contributed by atoms with Gasteiger partial charge >= 0.3 is 0 Å². The lowest BCUT2D eigenvalue weighted by Gasteiger charge is -2.10. The summed E-state index contributed by atoms with van der Waals surface area (Å²) >= 11 is 0. The number of nitrogens with zero attached hydrogens (tertiary/aromatic N) is 1. The molecule has 1 aliphatic carbocycles. The highest BCUT2D eigenvalue weighted by atomic mass is 16.5. The van der Waals surface area contributed by atoms with Crippen molar-refractivity contribution in [2.45, 2.75) is 19.4 Å². The molecular weight excluding hydrogens is 264 g/mol. The molecular formula is C17H18N2O2. The Bertz CT molecular complexity index is 633. The molecule has 2 aromatic rings. The number of carbonyl (C=O) groups is 1. The Labute approximate surface area is 124 Å². The molecule has 1 N–H and O–H groups in total. The second kappa shape index (κ2) is 5.95. The lowest BCUT2D eigenvalue weighted by molar-refractivity contribution is -0.122. The van der Waals surface area contributed by atoms with Gasteiger partial charge in [0.05, 0.1) is 12.8 Å². The third kappa shape index (κ3) is 3.21. The SMILES string of the molecule is COc1ccc(-c2ncccc2CNC(=O)C2CC2)cc1. The zero-order chi connectivity index (χ0) is 14.7. The van der Waals surface area contributed by atoms with Crippen LogP contribution >= 0.6 is 0 Å². The fourth-order valence-corrected chi connectivity index (χ4v) is 2.26. The standard InChI is InChI=1S/C17H18N2O2/c1-21-15-8-6-12(7-9-15)16-14(3-2-10-18-16)11-19-17(20)13-4-5-13/h2-3,6-10,13H,4-5,11H2,1H3,(H,19,20). The van der Waals surface area contributed by atoms with Gasteiger partial charge < -0.3 is 10.1 Å². The number of pyridine rings is 1. The van der Waals surface area contributed by atoms with Crippen LogP contribution in [0.25, 0.3) is 11.3 Å². The first-order valence-electron chi connectivity index (χ1n) is 7.14. The molecule has 0 radical (unpaired) electrons. The van der Waals surface area contributed by atoms with Gasteiger partial charge in [-0.05, 0) is 48.7 Å². The van der Waals surface area contributed by atoms with E-state index in [4.69, 9.17) is 4.74 Å². The molecule has 21 heavy (non-hydrogen) atoms. The molecule has 0 spiro atoms. The van der Waals surface area contributed by atoms with Crippen molar-refractivity contribution in [3.63, 3.8) is 0 Å². The highest BCUT2D eigenvalue weighted by molar-refractivity contribution is 5.81. The minimum Gasteiger partial charge on any atom is -0.497 e. The van der Waals surface area contributed by atoms with Gasteiger partial charge in [0.1, 0.15) is 5.75 Å². The van der Waals surface area contributed by atoms with Crippen molar-refractivity contribution in [3.8, 4) is 17.0 Å². The van der Waals surface area contributed by atoms with Gasteiger partial charge in [0.15, 0.2) is 0 Å². The van der Waals surface area contributed by atoms with E-state index in [1.807, 2.05) is 36.4 Å². The molecule has 3 rings (SSSR count). The largest absolute Gasteiger partial charge is 0.497 e. The van der Waals surface area contributed by atoms with Crippen LogP contribution in [0.4, 0.5) is 0 Å². The van der Waals surface area contributed by atoms with E-state index in [2.05, 4.69) is 10.3 Å². The number of rotatable bonds is 5. The Morgan fingerprint density at radius 1 is 1.29 bits per heavy atom. The van der Waals surface area contributed by atoms with Crippen LogP contribution in [-0.2, 0) is 11.3 Å². The smallest absolute Gasteiger partial charge is 0.223 e. The van der Waals surface area contributed by atoms with Crippen molar-refractivity contribution in [1.82, 2.24) is 10.3 Å². The molecule has 0 unspecified atom stereocenters. The molecule has 1 saturated carbocycles. The summed E-state index contributed by atoms with van der Waals surface area (Å²) in [6, 6.07) is 11.7. The molecule has 4 nitrogen and oxygen atoms in total. The summed E-state index contributed by atoms with van der Waals surface area (Å²) < 4.78 is 5.17. The predicted molar refractivity (Wildman–Crippen MR) is 80.8 cm³/mol. The lowest BCUT2D eigenvalue weighted by Crippen LogP contribution is -2.24. The fourth-order valence-electron chi connectivity index (χ4n) is 2.26. The van der Waals surface area contributed by atoms with Crippen LogP contribution in [0.5, 0.6) is 5.75 Å². The summed E-state index contributed by atoms with van der Waals surface area (Å²) in [7, 11) is 1.65. The van der Waals surface area contributed by atoms with E-state index in [0.29, 0.717) is 6.54 Å². The molecule has 1 amide bonds. The van der Waals surface area contributed by atoms with Gasteiger partial charge in [-0.1, -0.05) is 6.07 Å². The van der Waals surface area contributed by atoms with Gasteiger partial charge in [-0.25, -0.2) is 0 Å². The summed E-state index contributed by atoms with van der Waals surface area (Å²) in [5.74, 6) is 1.20. The van der Waals surface area contributed by atoms with Crippen LogP contribution < -0.4 is 10.1 Å². The number of ether oxygens (including phenoxy) is 1. The first-order valence-corrected chi connectivity index (χ1v) is 7.14. The van der Waals surface area contributed by atoms with Gasteiger partial charge in [-0.2, -0.15) is 0 Å². The summed E-state index contributed by atoms with van der Waals surface area (Å²) in [4.78, 5) is 16.2. The van der Waals surface area contributed by atoms with Crippen molar-refractivity contribution < 1.29 is 9.53 Å². The number of nitrogens with one attached hydrogen (secondary N) is 1. The van der Waals surface area contributed by atoms with Crippen molar-refractivity contribution in [3.05, 3.63) is 48.2 Å². The van der Waals surface area contributed by atoms with E-state index in [-0.39, 0.29) is 11.8 Å². The van der Waals surface area contributed by atoms with Crippen molar-refractivity contribution in [2.24, 2.45) is 5.92 Å². The quantitative estimate of drug-likeness (QED) is 0.917. The van der Waals surface area contributed by atoms with Crippen molar-refractivity contribution in [2.75, 3.05) is 7.11 Å². The van der Waals surface area contributed by atoms with Crippen LogP contribution in [0.2, 0.25) is 0 Å². The Morgan fingerprint density at radius 2 is 2.05 bits per heavy atom. The Kier molecular flexibility index (Phi) is 3.86. The topological polar surface area (TPSA) is 51.2 Å². The summed E-state index contributed by atoms with van der Waals surface area (Å²) in [6.45, 7) is 0.518. The molecule has 1 aromatic heterocycles. The van der Waals surface area contributed by atoms with Crippen LogP contribution in [0.1, 0.15) is 18.4 Å². The van der Waals surface area contributed by atoms with Crippen LogP contribution in [0.15, 0.2) is 42.6 Å². The fraction of sp³-hybridized carbons (Fsp3) is 0.294. The monoisotopic (exact) mass is 282 g/mol. The predicted octanol–water partition coefficient (Wildman–Crippen LogP) is 2.78. The Balaban J connectivity index is 1.78. The number of methoxy groups -OCH3 is 1. The number of benzene rings is 1. The third-order valence-electron chi connectivity index (χ3n) is 3.66. The van der Waals surface area contributed by atoms with Crippen molar-refractivity contribution in [1.29, 1.82) is 0 Å². The molecule has 0 aliphatic heterocycles. The van der Waals surface area contributed by atoms with Gasteiger partial charge in [0.2, 0.25) is 5.91 Å². The lowest BCUT2D eigenvalue weighted by atomic mass is 10.1. The highest BCUT2D eigenvalue weighted by Gasteiger charge is 2.29. The van der Waals surface area contributed by atoms with Gasteiger partial charge in [-0.3, -0.25) is 9.78 Å². The van der Waals surface area contributed by atoms with Crippen molar-refractivity contribution >= 4 is 5.91 Å². The van der Waals surface area contributed by atoms with E-state index in [9.17, 15) is 4.79 Å². The average molecular weight is 282 g/mol. The molecule has 4 heteroatoms. The minimum absolute atomic E-state index is 0.152. The summed E-state index contributed by atoms with van der Waals surface area (Å²) in [5, 5.41) is 2.99. The van der Waals surface area contributed by atoms with Crippen LogP contribution in [0, 0.1) is 5.92 Å². The molecule has 108 valence electrons. The maximum Gasteiger partial charge on any atom is 0.223 e. The van der Waals surface area contributed by atoms with Gasteiger partial charge in [0.25, 0.3) is 0 Å². The third-order valence-corrected chi connectivity index (χ3v) is 3.66. The molecule has 1 aromatic carbocycles. The van der Waals surface area contributed by atoms with E-state index in [1.54, 1.807) is 13.3 Å². The second-order valence-electron chi connectivity index (χ2n) is 5.23. The molecule has 0 atom stereocenters. The van der Waals surface area contributed by atoms with E-state index in [0.717, 1.165) is 35.4 Å². The maximum absolute atomic E-state index is 11.8. The molecule has 0 saturated heterocycles. The minimum atomic E-state index is 0.152. The van der Waals surface area contributed by atoms with E-state index >= 15 is 0 Å². The summed E-state index contributed by atoms with van der Waals surface area (Å²) in [6.07, 6.45) is 3.81. The number of carbonyl (C=O) groups excluding carboxylic acids is 1. The summed E-state index contributed by atoms with van der Waals surface area (Å²) in [5.41, 5.74) is 2.94. The van der Waals surface area contributed by atoms with E-state index < -0.39 is 0 Å². The maximum atomic E-state index is 11.8. The normalized spacial score (nSPS) is 13.8. The van der Waals surface area contributed by atoms with Gasteiger partial charge in [0, 0.05) is 24.2 Å². The second-order valence-corrected chi connectivity index (χ2v) is 5.23. The average Bonchev–Trinajstić information content (AvgIpc) is 3.38. The van der Waals surface area contributed by atoms with Gasteiger partial charge in [-0.15, -0.1) is 0 Å². The first-order chi connectivity index (χ1) is 10.3. The Hall–Kier alpha value is -2.36. The zero-order valence-corrected chi connectivity index (χ0v) is 12.0. The molecule has 1 fully saturated rings. The number of hydrogen-bond acceptors (Lipinski definition) is 3.